The van der Waals surface area contributed by atoms with Crippen molar-refractivity contribution in [2.45, 2.75) is 26.4 Å². The highest BCUT2D eigenvalue weighted by atomic mass is 19.1. The molecule has 0 aliphatic carbocycles. The monoisotopic (exact) mass is 303 g/mol. The van der Waals surface area contributed by atoms with Gasteiger partial charge in [-0.15, -0.1) is 0 Å². The molecule has 0 radical (unpaired) electrons. The lowest BCUT2D eigenvalue weighted by atomic mass is 10.1. The van der Waals surface area contributed by atoms with Gasteiger partial charge in [0.15, 0.2) is 0 Å². The van der Waals surface area contributed by atoms with Crippen LogP contribution < -0.4 is 14.8 Å². The van der Waals surface area contributed by atoms with E-state index in [0.717, 1.165) is 16.9 Å². The molecule has 0 aliphatic heterocycles. The Morgan fingerprint density at radius 1 is 1.18 bits per heavy atom. The molecule has 0 saturated carbocycles. The number of ether oxygens (including phenoxy) is 2. The second-order valence-corrected chi connectivity index (χ2v) is 5.07. The molecule has 2 aromatic carbocycles. The minimum absolute atomic E-state index is 0.0265. The second-order valence-electron chi connectivity index (χ2n) is 5.07. The van der Waals surface area contributed by atoms with Gasteiger partial charge in [0.05, 0.1) is 13.7 Å². The molecule has 2 rings (SSSR count). The van der Waals surface area contributed by atoms with Crippen molar-refractivity contribution >= 4 is 0 Å². The van der Waals surface area contributed by atoms with Gasteiger partial charge in [0.1, 0.15) is 17.3 Å². The lowest BCUT2D eigenvalue weighted by Gasteiger charge is -2.17. The summed E-state index contributed by atoms with van der Waals surface area (Å²) in [5, 5.41) is 3.38. The van der Waals surface area contributed by atoms with E-state index in [9.17, 15) is 4.39 Å². The Bertz CT molecular complexity index is 616. The average Bonchev–Trinajstić information content (AvgIpc) is 2.53. The van der Waals surface area contributed by atoms with Gasteiger partial charge in [-0.2, -0.15) is 0 Å². The lowest BCUT2D eigenvalue weighted by molar-refractivity contribution is 0.339. The molecule has 1 atom stereocenters. The highest BCUT2D eigenvalue weighted by molar-refractivity contribution is 5.36. The van der Waals surface area contributed by atoms with Crippen LogP contribution >= 0.6 is 0 Å². The van der Waals surface area contributed by atoms with Gasteiger partial charge in [0.25, 0.3) is 0 Å². The van der Waals surface area contributed by atoms with Crippen molar-refractivity contribution in [3.63, 3.8) is 0 Å². The van der Waals surface area contributed by atoms with E-state index >= 15 is 0 Å². The van der Waals surface area contributed by atoms with Crippen molar-refractivity contribution in [1.82, 2.24) is 5.32 Å². The van der Waals surface area contributed by atoms with Crippen LogP contribution in [0.4, 0.5) is 4.39 Å². The quantitative estimate of drug-likeness (QED) is 0.836. The summed E-state index contributed by atoms with van der Waals surface area (Å²) in [6.45, 7) is 5.27. The standard InChI is InChI=1S/C18H22FNO2/c1-4-22-16-7-5-6-14(10-16)12-20-13(2)17-11-15(19)8-9-18(17)21-3/h5-11,13,20H,4,12H2,1-3H3. The molecule has 2 aromatic rings. The van der Waals surface area contributed by atoms with Gasteiger partial charge in [-0.05, 0) is 49.7 Å². The first-order valence-electron chi connectivity index (χ1n) is 7.42. The summed E-state index contributed by atoms with van der Waals surface area (Å²) in [6.07, 6.45) is 0. The molecule has 4 heteroatoms. The summed E-state index contributed by atoms with van der Waals surface area (Å²) >= 11 is 0. The number of rotatable bonds is 7. The molecule has 22 heavy (non-hydrogen) atoms. The first kappa shape index (κ1) is 16.3. The van der Waals surface area contributed by atoms with Crippen molar-refractivity contribution in [1.29, 1.82) is 0 Å². The van der Waals surface area contributed by atoms with Crippen molar-refractivity contribution < 1.29 is 13.9 Å². The number of nitrogens with one attached hydrogen (secondary N) is 1. The predicted octanol–water partition coefficient (Wildman–Crippen LogP) is 4.08. The number of benzene rings is 2. The van der Waals surface area contributed by atoms with Gasteiger partial charge in [-0.3, -0.25) is 0 Å². The van der Waals surface area contributed by atoms with Gasteiger partial charge in [0, 0.05) is 18.2 Å². The Morgan fingerprint density at radius 3 is 2.73 bits per heavy atom. The lowest BCUT2D eigenvalue weighted by Crippen LogP contribution is -2.19. The highest BCUT2D eigenvalue weighted by Gasteiger charge is 2.12. The highest BCUT2D eigenvalue weighted by Crippen LogP contribution is 2.26. The van der Waals surface area contributed by atoms with Crippen LogP contribution in [0.25, 0.3) is 0 Å². The third kappa shape index (κ3) is 4.21. The number of methoxy groups -OCH3 is 1. The SMILES string of the molecule is CCOc1cccc(CNC(C)c2cc(F)ccc2OC)c1. The molecule has 0 heterocycles. The molecule has 0 fully saturated rings. The predicted molar refractivity (Wildman–Crippen MR) is 85.8 cm³/mol. The zero-order chi connectivity index (χ0) is 15.9. The van der Waals surface area contributed by atoms with E-state index in [4.69, 9.17) is 9.47 Å². The zero-order valence-electron chi connectivity index (χ0n) is 13.2. The van der Waals surface area contributed by atoms with E-state index in [1.165, 1.54) is 12.1 Å². The van der Waals surface area contributed by atoms with Crippen LogP contribution in [0.1, 0.15) is 31.0 Å². The molecule has 0 aromatic heterocycles. The Morgan fingerprint density at radius 2 is 2.00 bits per heavy atom. The maximum atomic E-state index is 13.4. The molecule has 0 bridgehead atoms. The third-order valence-corrected chi connectivity index (χ3v) is 3.48. The van der Waals surface area contributed by atoms with Gasteiger partial charge >= 0.3 is 0 Å². The number of hydrogen-bond acceptors (Lipinski definition) is 3. The molecule has 0 aliphatic rings. The number of halogens is 1. The average molecular weight is 303 g/mol. The summed E-state index contributed by atoms with van der Waals surface area (Å²) in [6, 6.07) is 12.5. The summed E-state index contributed by atoms with van der Waals surface area (Å²) in [7, 11) is 1.59. The molecule has 1 unspecified atom stereocenters. The van der Waals surface area contributed by atoms with Gasteiger partial charge in [-0.25, -0.2) is 4.39 Å². The molecule has 0 spiro atoms. The van der Waals surface area contributed by atoms with E-state index < -0.39 is 0 Å². The van der Waals surface area contributed by atoms with E-state index in [0.29, 0.717) is 18.9 Å². The smallest absolute Gasteiger partial charge is 0.123 e. The fourth-order valence-electron chi connectivity index (χ4n) is 2.34. The molecule has 3 nitrogen and oxygen atoms in total. The van der Waals surface area contributed by atoms with E-state index in [-0.39, 0.29) is 11.9 Å². The van der Waals surface area contributed by atoms with Crippen LogP contribution in [0.15, 0.2) is 42.5 Å². The van der Waals surface area contributed by atoms with Crippen molar-refractivity contribution in [3.8, 4) is 11.5 Å². The van der Waals surface area contributed by atoms with Gasteiger partial charge in [0.2, 0.25) is 0 Å². The van der Waals surface area contributed by atoms with Crippen molar-refractivity contribution in [2.75, 3.05) is 13.7 Å². The Kier molecular flexibility index (Phi) is 5.78. The van der Waals surface area contributed by atoms with Crippen molar-refractivity contribution in [3.05, 3.63) is 59.4 Å². The van der Waals surface area contributed by atoms with Crippen LogP contribution in [0.3, 0.4) is 0 Å². The maximum absolute atomic E-state index is 13.4. The second kappa shape index (κ2) is 7.80. The Labute approximate surface area is 131 Å². The molecular formula is C18H22FNO2. The summed E-state index contributed by atoms with van der Waals surface area (Å²) in [5.74, 6) is 1.28. The van der Waals surface area contributed by atoms with E-state index in [1.54, 1.807) is 13.2 Å². The Hall–Kier alpha value is -2.07. The van der Waals surface area contributed by atoms with Crippen LogP contribution in [0.2, 0.25) is 0 Å². The number of hydrogen-bond donors (Lipinski definition) is 1. The molecule has 0 saturated heterocycles. The molecule has 0 amide bonds. The minimum atomic E-state index is -0.261. The minimum Gasteiger partial charge on any atom is -0.496 e. The third-order valence-electron chi connectivity index (χ3n) is 3.48. The molecular weight excluding hydrogens is 281 g/mol. The fraction of sp³-hybridized carbons (Fsp3) is 0.333. The van der Waals surface area contributed by atoms with E-state index in [2.05, 4.69) is 5.32 Å². The Balaban J connectivity index is 2.05. The van der Waals surface area contributed by atoms with Gasteiger partial charge in [-0.1, -0.05) is 12.1 Å². The summed E-state index contributed by atoms with van der Waals surface area (Å²) < 4.78 is 24.2. The van der Waals surface area contributed by atoms with Crippen LogP contribution in [0, 0.1) is 5.82 Å². The maximum Gasteiger partial charge on any atom is 0.123 e. The zero-order valence-corrected chi connectivity index (χ0v) is 13.2. The van der Waals surface area contributed by atoms with Crippen molar-refractivity contribution in [2.24, 2.45) is 0 Å². The molecule has 1 N–H and O–H groups in total. The summed E-state index contributed by atoms with van der Waals surface area (Å²) in [4.78, 5) is 0. The fourth-order valence-corrected chi connectivity index (χ4v) is 2.34. The largest absolute Gasteiger partial charge is 0.496 e. The van der Waals surface area contributed by atoms with Crippen LogP contribution in [-0.2, 0) is 6.54 Å². The molecule has 118 valence electrons. The van der Waals surface area contributed by atoms with E-state index in [1.807, 2.05) is 38.1 Å². The van der Waals surface area contributed by atoms with Crippen LogP contribution in [-0.4, -0.2) is 13.7 Å². The van der Waals surface area contributed by atoms with Crippen LogP contribution in [0.5, 0.6) is 11.5 Å². The summed E-state index contributed by atoms with van der Waals surface area (Å²) in [5.41, 5.74) is 1.93. The van der Waals surface area contributed by atoms with Gasteiger partial charge < -0.3 is 14.8 Å². The normalized spacial score (nSPS) is 12.0. The first-order chi connectivity index (χ1) is 10.6. The topological polar surface area (TPSA) is 30.5 Å². The first-order valence-corrected chi connectivity index (χ1v) is 7.42.